The number of halogens is 1. The molecule has 3 nitrogen and oxygen atoms in total. The molecule has 0 spiro atoms. The maximum atomic E-state index is 11.9. The summed E-state index contributed by atoms with van der Waals surface area (Å²) in [5.41, 5.74) is 1.72. The number of nitrogens with one attached hydrogen (secondary N) is 1. The minimum atomic E-state index is -0.0628. The first kappa shape index (κ1) is 13.9. The number of benzene rings is 2. The SMILES string of the molecule is COc1ccc(CNC(=O)c2ccc(I)cc2)cc1. The van der Waals surface area contributed by atoms with Gasteiger partial charge in [-0.1, -0.05) is 12.1 Å². The monoisotopic (exact) mass is 367 g/mol. The minimum Gasteiger partial charge on any atom is -0.497 e. The summed E-state index contributed by atoms with van der Waals surface area (Å²) in [7, 11) is 1.63. The molecule has 0 saturated carbocycles. The summed E-state index contributed by atoms with van der Waals surface area (Å²) in [6.45, 7) is 0.509. The van der Waals surface area contributed by atoms with E-state index in [1.54, 1.807) is 7.11 Å². The van der Waals surface area contributed by atoms with Crippen molar-refractivity contribution in [3.63, 3.8) is 0 Å². The summed E-state index contributed by atoms with van der Waals surface area (Å²) in [4.78, 5) is 11.9. The number of amides is 1. The molecule has 0 atom stereocenters. The van der Waals surface area contributed by atoms with E-state index in [0.29, 0.717) is 12.1 Å². The number of carbonyl (C=O) groups is 1. The molecule has 4 heteroatoms. The summed E-state index contributed by atoms with van der Waals surface area (Å²) >= 11 is 2.21. The quantitative estimate of drug-likeness (QED) is 0.843. The zero-order chi connectivity index (χ0) is 13.7. The van der Waals surface area contributed by atoms with Crippen molar-refractivity contribution >= 4 is 28.5 Å². The first-order valence-corrected chi connectivity index (χ1v) is 6.93. The molecule has 1 amide bonds. The lowest BCUT2D eigenvalue weighted by Gasteiger charge is -2.06. The Bertz CT molecular complexity index is 549. The van der Waals surface area contributed by atoms with Crippen molar-refractivity contribution < 1.29 is 9.53 Å². The van der Waals surface area contributed by atoms with Crippen molar-refractivity contribution in [3.8, 4) is 5.75 Å². The van der Waals surface area contributed by atoms with E-state index in [0.717, 1.165) is 14.9 Å². The Kier molecular flexibility index (Phi) is 4.79. The van der Waals surface area contributed by atoms with Crippen LogP contribution in [-0.4, -0.2) is 13.0 Å². The molecule has 19 heavy (non-hydrogen) atoms. The van der Waals surface area contributed by atoms with E-state index >= 15 is 0 Å². The van der Waals surface area contributed by atoms with Gasteiger partial charge in [0.25, 0.3) is 5.91 Å². The first-order valence-electron chi connectivity index (χ1n) is 5.86. The fraction of sp³-hybridized carbons (Fsp3) is 0.133. The van der Waals surface area contributed by atoms with Gasteiger partial charge in [-0.15, -0.1) is 0 Å². The molecular weight excluding hydrogens is 353 g/mol. The summed E-state index contributed by atoms with van der Waals surface area (Å²) in [5, 5.41) is 2.89. The van der Waals surface area contributed by atoms with Crippen LogP contribution in [0.25, 0.3) is 0 Å². The Balaban J connectivity index is 1.94. The van der Waals surface area contributed by atoms with Crippen LogP contribution in [0.1, 0.15) is 15.9 Å². The standard InChI is InChI=1S/C15H14INO2/c1-19-14-8-2-11(3-9-14)10-17-15(18)12-4-6-13(16)7-5-12/h2-9H,10H2,1H3,(H,17,18). The van der Waals surface area contributed by atoms with Crippen molar-refractivity contribution in [2.75, 3.05) is 7.11 Å². The average Bonchev–Trinajstić information content (AvgIpc) is 2.46. The second kappa shape index (κ2) is 6.56. The van der Waals surface area contributed by atoms with E-state index in [2.05, 4.69) is 27.9 Å². The van der Waals surface area contributed by atoms with Crippen molar-refractivity contribution in [1.82, 2.24) is 5.32 Å². The van der Waals surface area contributed by atoms with Crippen molar-refractivity contribution in [3.05, 3.63) is 63.2 Å². The lowest BCUT2D eigenvalue weighted by molar-refractivity contribution is 0.0951. The van der Waals surface area contributed by atoms with Crippen molar-refractivity contribution in [2.45, 2.75) is 6.54 Å². The van der Waals surface area contributed by atoms with Gasteiger partial charge in [0, 0.05) is 15.7 Å². The molecule has 0 heterocycles. The van der Waals surface area contributed by atoms with Crippen LogP contribution < -0.4 is 10.1 Å². The molecular formula is C15H14INO2. The highest BCUT2D eigenvalue weighted by molar-refractivity contribution is 14.1. The number of methoxy groups -OCH3 is 1. The van der Waals surface area contributed by atoms with E-state index < -0.39 is 0 Å². The third-order valence-corrected chi connectivity index (χ3v) is 3.44. The Morgan fingerprint density at radius 1 is 1.11 bits per heavy atom. The van der Waals surface area contributed by atoms with Crippen molar-refractivity contribution in [1.29, 1.82) is 0 Å². The average molecular weight is 367 g/mol. The van der Waals surface area contributed by atoms with E-state index in [9.17, 15) is 4.79 Å². The van der Waals surface area contributed by atoms with Crippen LogP contribution in [0.4, 0.5) is 0 Å². The lowest BCUT2D eigenvalue weighted by atomic mass is 10.2. The third kappa shape index (κ3) is 3.96. The molecule has 2 aromatic rings. The molecule has 0 aliphatic carbocycles. The second-order valence-electron chi connectivity index (χ2n) is 4.04. The van der Waals surface area contributed by atoms with Gasteiger partial charge in [-0.05, 0) is 64.6 Å². The van der Waals surface area contributed by atoms with Gasteiger partial charge in [-0.3, -0.25) is 4.79 Å². The van der Waals surface area contributed by atoms with Gasteiger partial charge < -0.3 is 10.1 Å². The maximum Gasteiger partial charge on any atom is 0.251 e. The summed E-state index contributed by atoms with van der Waals surface area (Å²) in [5.74, 6) is 0.750. The van der Waals surface area contributed by atoms with Gasteiger partial charge in [-0.2, -0.15) is 0 Å². The molecule has 2 rings (SSSR count). The molecule has 0 aliphatic heterocycles. The highest BCUT2D eigenvalue weighted by Gasteiger charge is 2.04. The molecule has 0 radical (unpaired) electrons. The Labute approximate surface area is 126 Å². The fourth-order valence-corrected chi connectivity index (χ4v) is 1.99. The minimum absolute atomic E-state index is 0.0628. The Morgan fingerprint density at radius 3 is 2.32 bits per heavy atom. The van der Waals surface area contributed by atoms with Crippen LogP contribution >= 0.6 is 22.6 Å². The van der Waals surface area contributed by atoms with Crippen LogP contribution in [0, 0.1) is 3.57 Å². The fourth-order valence-electron chi connectivity index (χ4n) is 1.63. The number of hydrogen-bond acceptors (Lipinski definition) is 2. The number of hydrogen-bond donors (Lipinski definition) is 1. The predicted molar refractivity (Wildman–Crippen MR) is 83.3 cm³/mol. The molecule has 2 aromatic carbocycles. The lowest BCUT2D eigenvalue weighted by Crippen LogP contribution is -2.22. The van der Waals surface area contributed by atoms with Crippen LogP contribution in [0.15, 0.2) is 48.5 Å². The van der Waals surface area contributed by atoms with Gasteiger partial charge >= 0.3 is 0 Å². The highest BCUT2D eigenvalue weighted by Crippen LogP contribution is 2.11. The molecule has 0 aromatic heterocycles. The van der Waals surface area contributed by atoms with Crippen LogP contribution in [0.3, 0.4) is 0 Å². The van der Waals surface area contributed by atoms with Gasteiger partial charge in [0.1, 0.15) is 5.75 Å². The predicted octanol–water partition coefficient (Wildman–Crippen LogP) is 3.23. The van der Waals surface area contributed by atoms with E-state index in [-0.39, 0.29) is 5.91 Å². The number of carbonyl (C=O) groups excluding carboxylic acids is 1. The number of rotatable bonds is 4. The molecule has 1 N–H and O–H groups in total. The molecule has 98 valence electrons. The van der Waals surface area contributed by atoms with E-state index in [1.807, 2.05) is 48.5 Å². The summed E-state index contributed by atoms with van der Waals surface area (Å²) < 4.78 is 6.20. The summed E-state index contributed by atoms with van der Waals surface area (Å²) in [6, 6.07) is 15.1. The summed E-state index contributed by atoms with van der Waals surface area (Å²) in [6.07, 6.45) is 0. The van der Waals surface area contributed by atoms with Gasteiger partial charge in [0.05, 0.1) is 7.11 Å². The normalized spacial score (nSPS) is 10.0. The van der Waals surface area contributed by atoms with Crippen LogP contribution in [-0.2, 0) is 6.54 Å². The van der Waals surface area contributed by atoms with E-state index in [4.69, 9.17) is 4.74 Å². The maximum absolute atomic E-state index is 11.9. The van der Waals surface area contributed by atoms with Crippen LogP contribution in [0.2, 0.25) is 0 Å². The topological polar surface area (TPSA) is 38.3 Å². The molecule has 0 unspecified atom stereocenters. The zero-order valence-corrected chi connectivity index (χ0v) is 12.7. The van der Waals surface area contributed by atoms with E-state index in [1.165, 1.54) is 0 Å². The Morgan fingerprint density at radius 2 is 1.74 bits per heavy atom. The van der Waals surface area contributed by atoms with Crippen molar-refractivity contribution in [2.24, 2.45) is 0 Å². The van der Waals surface area contributed by atoms with Gasteiger partial charge in [-0.25, -0.2) is 0 Å². The largest absolute Gasteiger partial charge is 0.497 e. The molecule has 0 saturated heterocycles. The Hall–Kier alpha value is -1.56. The smallest absolute Gasteiger partial charge is 0.251 e. The van der Waals surface area contributed by atoms with Gasteiger partial charge in [0.15, 0.2) is 0 Å². The highest BCUT2D eigenvalue weighted by atomic mass is 127. The first-order chi connectivity index (χ1) is 9.19. The second-order valence-corrected chi connectivity index (χ2v) is 5.28. The molecule has 0 fully saturated rings. The molecule has 0 aliphatic rings. The zero-order valence-electron chi connectivity index (χ0n) is 10.5. The third-order valence-electron chi connectivity index (χ3n) is 2.72. The number of ether oxygens (including phenoxy) is 1. The van der Waals surface area contributed by atoms with Gasteiger partial charge in [0.2, 0.25) is 0 Å². The van der Waals surface area contributed by atoms with Crippen LogP contribution in [0.5, 0.6) is 5.75 Å². The molecule has 0 bridgehead atoms.